The van der Waals surface area contributed by atoms with Crippen LogP contribution in [0.5, 0.6) is 0 Å². The zero-order valence-electron chi connectivity index (χ0n) is 13.2. The monoisotopic (exact) mass is 241 g/mol. The first-order valence-corrected chi connectivity index (χ1v) is 7.96. The van der Waals surface area contributed by atoms with Crippen molar-refractivity contribution in [3.8, 4) is 0 Å². The topological polar surface area (TPSA) is 3.24 Å². The highest BCUT2D eigenvalue weighted by molar-refractivity contribution is 4.95. The molecule has 2 aliphatic rings. The lowest BCUT2D eigenvalue weighted by Gasteiger charge is -2.51. The Morgan fingerprint density at radius 3 is 1.82 bits per heavy atom. The van der Waals surface area contributed by atoms with Gasteiger partial charge < -0.3 is 4.90 Å². The van der Waals surface area contributed by atoms with Gasteiger partial charge in [-0.3, -0.25) is 0 Å². The third-order valence-electron chi connectivity index (χ3n) is 4.02. The molecule has 1 heteroatoms. The van der Waals surface area contributed by atoms with Crippen LogP contribution in [0.2, 0.25) is 0 Å². The second-order valence-electron chi connectivity index (χ2n) is 5.36. The van der Waals surface area contributed by atoms with Gasteiger partial charge in [0.2, 0.25) is 0 Å². The molecule has 1 nitrogen and oxygen atoms in total. The first kappa shape index (κ1) is 17.0. The van der Waals surface area contributed by atoms with Gasteiger partial charge >= 0.3 is 0 Å². The molecule has 0 N–H and O–H groups in total. The molecule has 104 valence electrons. The number of likely N-dealkylation sites (tertiary alicyclic amines) is 1. The quantitative estimate of drug-likeness (QED) is 0.660. The number of nitrogens with zero attached hydrogens (tertiary/aromatic N) is 1. The SMILES string of the molecule is CC.CC.CCCN1CCC2(CC1)CC(C)C2. The summed E-state index contributed by atoms with van der Waals surface area (Å²) in [6.45, 7) is 16.8. The fourth-order valence-electron chi connectivity index (χ4n) is 3.39. The Hall–Kier alpha value is -0.0400. The molecular formula is C16H35N. The zero-order valence-corrected chi connectivity index (χ0v) is 13.2. The average Bonchev–Trinajstić information content (AvgIpc) is 2.36. The van der Waals surface area contributed by atoms with E-state index in [2.05, 4.69) is 18.7 Å². The van der Waals surface area contributed by atoms with E-state index in [4.69, 9.17) is 0 Å². The highest BCUT2D eigenvalue weighted by atomic mass is 15.1. The van der Waals surface area contributed by atoms with Crippen molar-refractivity contribution in [3.05, 3.63) is 0 Å². The predicted molar refractivity (Wildman–Crippen MR) is 79.5 cm³/mol. The van der Waals surface area contributed by atoms with Crippen LogP contribution >= 0.6 is 0 Å². The summed E-state index contributed by atoms with van der Waals surface area (Å²) in [5.74, 6) is 1.03. The van der Waals surface area contributed by atoms with Gasteiger partial charge in [0.15, 0.2) is 0 Å². The molecule has 1 aliphatic carbocycles. The van der Waals surface area contributed by atoms with Gasteiger partial charge in [0.05, 0.1) is 0 Å². The Bertz CT molecular complexity index is 160. The normalized spacial score (nSPS) is 22.9. The van der Waals surface area contributed by atoms with E-state index >= 15 is 0 Å². The van der Waals surface area contributed by atoms with E-state index in [0.29, 0.717) is 0 Å². The molecule has 0 amide bonds. The minimum Gasteiger partial charge on any atom is -0.303 e. The third-order valence-corrected chi connectivity index (χ3v) is 4.02. The Labute approximate surface area is 110 Å². The third kappa shape index (κ3) is 4.99. The van der Waals surface area contributed by atoms with Gasteiger partial charge in [-0.2, -0.15) is 0 Å². The van der Waals surface area contributed by atoms with Crippen molar-refractivity contribution in [2.45, 2.75) is 73.6 Å². The summed E-state index contributed by atoms with van der Waals surface area (Å²) in [4.78, 5) is 2.65. The maximum absolute atomic E-state index is 2.65. The van der Waals surface area contributed by atoms with Crippen LogP contribution in [-0.2, 0) is 0 Å². The number of hydrogen-bond acceptors (Lipinski definition) is 1. The molecule has 0 aromatic heterocycles. The lowest BCUT2D eigenvalue weighted by atomic mass is 9.58. The first-order valence-electron chi connectivity index (χ1n) is 7.96. The Morgan fingerprint density at radius 2 is 1.47 bits per heavy atom. The summed E-state index contributed by atoms with van der Waals surface area (Å²) < 4.78 is 0. The summed E-state index contributed by atoms with van der Waals surface area (Å²) in [7, 11) is 0. The number of piperidine rings is 1. The largest absolute Gasteiger partial charge is 0.303 e. The molecule has 1 saturated heterocycles. The van der Waals surface area contributed by atoms with Gasteiger partial charge in [0.1, 0.15) is 0 Å². The molecule has 0 aromatic carbocycles. The number of rotatable bonds is 2. The van der Waals surface area contributed by atoms with Crippen LogP contribution in [0.4, 0.5) is 0 Å². The van der Waals surface area contributed by atoms with E-state index in [0.717, 1.165) is 11.3 Å². The first-order chi connectivity index (χ1) is 8.24. The molecule has 0 aromatic rings. The van der Waals surface area contributed by atoms with Crippen molar-refractivity contribution in [1.29, 1.82) is 0 Å². The molecule has 1 aliphatic heterocycles. The molecule has 1 saturated carbocycles. The van der Waals surface area contributed by atoms with Crippen LogP contribution in [0.3, 0.4) is 0 Å². The maximum Gasteiger partial charge on any atom is -0.00134 e. The van der Waals surface area contributed by atoms with Crippen molar-refractivity contribution in [3.63, 3.8) is 0 Å². The molecule has 1 spiro atoms. The Morgan fingerprint density at radius 1 is 1.00 bits per heavy atom. The van der Waals surface area contributed by atoms with E-state index in [9.17, 15) is 0 Å². The molecule has 0 atom stereocenters. The highest BCUT2D eigenvalue weighted by Gasteiger charge is 2.43. The zero-order chi connectivity index (χ0) is 13.3. The smallest absolute Gasteiger partial charge is 0.00134 e. The van der Waals surface area contributed by atoms with E-state index in [1.807, 2.05) is 27.7 Å². The van der Waals surface area contributed by atoms with E-state index in [1.165, 1.54) is 51.7 Å². The molecule has 2 fully saturated rings. The second kappa shape index (κ2) is 8.97. The minimum atomic E-state index is 0.809. The van der Waals surface area contributed by atoms with Crippen LogP contribution < -0.4 is 0 Å². The van der Waals surface area contributed by atoms with Gasteiger partial charge in [-0.05, 0) is 63.1 Å². The van der Waals surface area contributed by atoms with E-state index < -0.39 is 0 Å². The van der Waals surface area contributed by atoms with Crippen molar-refractivity contribution < 1.29 is 0 Å². The molecule has 0 radical (unpaired) electrons. The van der Waals surface area contributed by atoms with Gasteiger partial charge in [0.25, 0.3) is 0 Å². The highest BCUT2D eigenvalue weighted by Crippen LogP contribution is 2.52. The summed E-state index contributed by atoms with van der Waals surface area (Å²) in [6, 6.07) is 0. The van der Waals surface area contributed by atoms with Crippen molar-refractivity contribution in [2.24, 2.45) is 11.3 Å². The van der Waals surface area contributed by atoms with Crippen LogP contribution in [0, 0.1) is 11.3 Å². The van der Waals surface area contributed by atoms with Crippen LogP contribution in [0.1, 0.15) is 73.6 Å². The molecule has 0 unspecified atom stereocenters. The molecular weight excluding hydrogens is 206 g/mol. The molecule has 2 rings (SSSR count). The molecule has 0 bridgehead atoms. The summed E-state index contributed by atoms with van der Waals surface area (Å²) in [5, 5.41) is 0. The Balaban J connectivity index is 0.000000581. The summed E-state index contributed by atoms with van der Waals surface area (Å²) in [5.41, 5.74) is 0.809. The van der Waals surface area contributed by atoms with Crippen molar-refractivity contribution in [2.75, 3.05) is 19.6 Å². The van der Waals surface area contributed by atoms with E-state index in [1.54, 1.807) is 0 Å². The van der Waals surface area contributed by atoms with Gasteiger partial charge in [-0.25, -0.2) is 0 Å². The fraction of sp³-hybridized carbons (Fsp3) is 1.00. The van der Waals surface area contributed by atoms with Gasteiger partial charge in [-0.15, -0.1) is 0 Å². The van der Waals surface area contributed by atoms with Crippen molar-refractivity contribution >= 4 is 0 Å². The fourth-order valence-corrected chi connectivity index (χ4v) is 3.39. The number of hydrogen-bond donors (Lipinski definition) is 0. The summed E-state index contributed by atoms with van der Waals surface area (Å²) in [6.07, 6.45) is 7.33. The van der Waals surface area contributed by atoms with Gasteiger partial charge in [0, 0.05) is 0 Å². The van der Waals surface area contributed by atoms with Crippen LogP contribution in [0.25, 0.3) is 0 Å². The molecule has 1 heterocycles. The minimum absolute atomic E-state index is 0.809. The van der Waals surface area contributed by atoms with Crippen LogP contribution in [-0.4, -0.2) is 24.5 Å². The standard InChI is InChI=1S/C12H23N.2C2H6/c1-3-6-13-7-4-12(5-8-13)9-11(2)10-12;2*1-2/h11H,3-10H2,1-2H3;2*1-2H3. The summed E-state index contributed by atoms with van der Waals surface area (Å²) >= 11 is 0. The predicted octanol–water partition coefficient (Wildman–Crippen LogP) is 4.96. The van der Waals surface area contributed by atoms with Gasteiger partial charge in [-0.1, -0.05) is 41.5 Å². The second-order valence-corrected chi connectivity index (χ2v) is 5.36. The molecule has 17 heavy (non-hydrogen) atoms. The lowest BCUT2D eigenvalue weighted by molar-refractivity contribution is -0.00565. The van der Waals surface area contributed by atoms with Crippen LogP contribution in [0.15, 0.2) is 0 Å². The lowest BCUT2D eigenvalue weighted by Crippen LogP contribution is -2.46. The maximum atomic E-state index is 2.65. The average molecular weight is 241 g/mol. The van der Waals surface area contributed by atoms with E-state index in [-0.39, 0.29) is 0 Å². The Kier molecular flexibility index (Phi) is 8.94. The van der Waals surface area contributed by atoms with Crippen molar-refractivity contribution in [1.82, 2.24) is 4.90 Å².